The number of hydrogen-bond donors (Lipinski definition) is 1. The molecule has 0 unspecified atom stereocenters. The zero-order chi connectivity index (χ0) is 9.31. The quantitative estimate of drug-likeness (QED) is 0.756. The summed E-state index contributed by atoms with van der Waals surface area (Å²) in [7, 11) is 0. The van der Waals surface area contributed by atoms with Crippen LogP contribution >= 0.6 is 0 Å². The van der Waals surface area contributed by atoms with E-state index >= 15 is 0 Å². The van der Waals surface area contributed by atoms with Crippen molar-refractivity contribution in [1.82, 2.24) is 9.78 Å². The van der Waals surface area contributed by atoms with Crippen molar-refractivity contribution in [3.8, 4) is 0 Å². The molecule has 72 valence electrons. The molecule has 2 rings (SSSR count). The van der Waals surface area contributed by atoms with Gasteiger partial charge >= 0.3 is 0 Å². The molecule has 3 nitrogen and oxygen atoms in total. The van der Waals surface area contributed by atoms with E-state index in [1.165, 1.54) is 18.4 Å². The van der Waals surface area contributed by atoms with Gasteiger partial charge in [-0.3, -0.25) is 4.68 Å². The van der Waals surface area contributed by atoms with E-state index in [1.54, 1.807) is 0 Å². The molecule has 0 aliphatic heterocycles. The standard InChI is InChI=1S/C10H16N2O/c1-2-12-7-9(6-11-12)5-10(8-13)3-4-10/h6-7,13H,2-5,8H2,1H3. The van der Waals surface area contributed by atoms with Gasteiger partial charge in [0.15, 0.2) is 0 Å². The number of hydrogen-bond acceptors (Lipinski definition) is 2. The predicted molar refractivity (Wildman–Crippen MR) is 50.4 cm³/mol. The van der Waals surface area contributed by atoms with Crippen molar-refractivity contribution in [2.24, 2.45) is 5.41 Å². The van der Waals surface area contributed by atoms with Gasteiger partial charge in [-0.15, -0.1) is 0 Å². The van der Waals surface area contributed by atoms with Gasteiger partial charge in [0.1, 0.15) is 0 Å². The number of aromatic nitrogens is 2. The topological polar surface area (TPSA) is 38.0 Å². The van der Waals surface area contributed by atoms with E-state index < -0.39 is 0 Å². The van der Waals surface area contributed by atoms with E-state index in [9.17, 15) is 0 Å². The highest BCUT2D eigenvalue weighted by Gasteiger charge is 2.41. The average molecular weight is 180 g/mol. The second kappa shape index (κ2) is 3.14. The fraction of sp³-hybridized carbons (Fsp3) is 0.700. The fourth-order valence-corrected chi connectivity index (χ4v) is 1.67. The van der Waals surface area contributed by atoms with E-state index in [0.717, 1.165) is 13.0 Å². The minimum atomic E-state index is 0.210. The number of aryl methyl sites for hydroxylation is 1. The Kier molecular flexibility index (Phi) is 2.12. The predicted octanol–water partition coefficient (Wildman–Crippen LogP) is 1.22. The van der Waals surface area contributed by atoms with Gasteiger partial charge < -0.3 is 5.11 Å². The zero-order valence-corrected chi connectivity index (χ0v) is 8.03. The lowest BCUT2D eigenvalue weighted by Gasteiger charge is -2.08. The first-order chi connectivity index (χ1) is 6.28. The Morgan fingerprint density at radius 3 is 2.85 bits per heavy atom. The third kappa shape index (κ3) is 1.75. The molecule has 0 bridgehead atoms. The van der Waals surface area contributed by atoms with Gasteiger partial charge in [-0.25, -0.2) is 0 Å². The van der Waals surface area contributed by atoms with Crippen molar-refractivity contribution >= 4 is 0 Å². The first-order valence-corrected chi connectivity index (χ1v) is 4.90. The zero-order valence-electron chi connectivity index (χ0n) is 8.03. The highest BCUT2D eigenvalue weighted by molar-refractivity contribution is 5.11. The van der Waals surface area contributed by atoms with E-state index in [1.807, 2.05) is 10.9 Å². The molecule has 3 heteroatoms. The molecule has 0 radical (unpaired) electrons. The molecule has 0 aromatic carbocycles. The largest absolute Gasteiger partial charge is 0.396 e. The van der Waals surface area contributed by atoms with Crippen molar-refractivity contribution in [3.63, 3.8) is 0 Å². The Morgan fingerprint density at radius 2 is 2.38 bits per heavy atom. The van der Waals surface area contributed by atoms with Crippen molar-refractivity contribution in [2.45, 2.75) is 32.7 Å². The van der Waals surface area contributed by atoms with E-state index in [4.69, 9.17) is 5.11 Å². The summed E-state index contributed by atoms with van der Waals surface area (Å²) in [5.74, 6) is 0. The molecule has 1 saturated carbocycles. The molecule has 13 heavy (non-hydrogen) atoms. The van der Waals surface area contributed by atoms with Crippen LogP contribution in [0.4, 0.5) is 0 Å². The molecular weight excluding hydrogens is 164 g/mol. The van der Waals surface area contributed by atoms with E-state index in [0.29, 0.717) is 6.61 Å². The lowest BCUT2D eigenvalue weighted by molar-refractivity contribution is 0.211. The van der Waals surface area contributed by atoms with E-state index in [2.05, 4.69) is 18.2 Å². The maximum absolute atomic E-state index is 9.15. The smallest absolute Gasteiger partial charge is 0.0521 e. The van der Waals surface area contributed by atoms with Crippen LogP contribution in [0.3, 0.4) is 0 Å². The van der Waals surface area contributed by atoms with Crippen LogP contribution in [0, 0.1) is 5.41 Å². The van der Waals surface area contributed by atoms with Gasteiger partial charge in [0.2, 0.25) is 0 Å². The van der Waals surface area contributed by atoms with Gasteiger partial charge in [-0.2, -0.15) is 5.10 Å². The third-order valence-corrected chi connectivity index (χ3v) is 2.88. The van der Waals surface area contributed by atoms with Crippen LogP contribution in [0.15, 0.2) is 12.4 Å². The van der Waals surface area contributed by atoms with Crippen LogP contribution in [0.2, 0.25) is 0 Å². The molecule has 1 aliphatic rings. The molecule has 1 aromatic rings. The minimum Gasteiger partial charge on any atom is -0.396 e. The van der Waals surface area contributed by atoms with Gasteiger partial charge in [-0.1, -0.05) is 0 Å². The Hall–Kier alpha value is -0.830. The van der Waals surface area contributed by atoms with Crippen molar-refractivity contribution in [1.29, 1.82) is 0 Å². The van der Waals surface area contributed by atoms with Crippen molar-refractivity contribution in [2.75, 3.05) is 6.61 Å². The fourth-order valence-electron chi connectivity index (χ4n) is 1.67. The number of rotatable bonds is 4. The van der Waals surface area contributed by atoms with Gasteiger partial charge in [0, 0.05) is 19.3 Å². The van der Waals surface area contributed by atoms with E-state index in [-0.39, 0.29) is 5.41 Å². The second-order valence-electron chi connectivity index (χ2n) is 4.04. The molecule has 0 saturated heterocycles. The Balaban J connectivity index is 2.01. The lowest BCUT2D eigenvalue weighted by Crippen LogP contribution is -2.09. The SMILES string of the molecule is CCn1cc(CC2(CO)CC2)cn1. The van der Waals surface area contributed by atoms with Crippen LogP contribution in [-0.4, -0.2) is 21.5 Å². The van der Waals surface area contributed by atoms with Crippen LogP contribution in [0.5, 0.6) is 0 Å². The Morgan fingerprint density at radius 1 is 1.62 bits per heavy atom. The average Bonchev–Trinajstić information content (AvgIpc) is 2.77. The molecule has 1 fully saturated rings. The summed E-state index contributed by atoms with van der Waals surface area (Å²) >= 11 is 0. The Bertz CT molecular complexity index is 289. The molecule has 1 N–H and O–H groups in total. The molecule has 1 heterocycles. The van der Waals surface area contributed by atoms with Crippen molar-refractivity contribution in [3.05, 3.63) is 18.0 Å². The monoisotopic (exact) mass is 180 g/mol. The third-order valence-electron chi connectivity index (χ3n) is 2.88. The summed E-state index contributed by atoms with van der Waals surface area (Å²) in [6, 6.07) is 0. The van der Waals surface area contributed by atoms with Crippen LogP contribution < -0.4 is 0 Å². The Labute approximate surface area is 78.4 Å². The number of aliphatic hydroxyl groups is 1. The normalized spacial score (nSPS) is 18.9. The maximum atomic E-state index is 9.15. The molecule has 1 aromatic heterocycles. The first kappa shape index (κ1) is 8.75. The van der Waals surface area contributed by atoms with Crippen LogP contribution in [0.25, 0.3) is 0 Å². The first-order valence-electron chi connectivity index (χ1n) is 4.90. The summed E-state index contributed by atoms with van der Waals surface area (Å²) in [5.41, 5.74) is 1.47. The maximum Gasteiger partial charge on any atom is 0.0521 e. The summed E-state index contributed by atoms with van der Waals surface area (Å²) in [6.07, 6.45) is 7.32. The highest BCUT2D eigenvalue weighted by atomic mass is 16.3. The molecule has 0 amide bonds. The van der Waals surface area contributed by atoms with Crippen LogP contribution in [0.1, 0.15) is 25.3 Å². The molecular formula is C10H16N2O. The number of aliphatic hydroxyl groups excluding tert-OH is 1. The minimum absolute atomic E-state index is 0.210. The molecule has 1 aliphatic carbocycles. The van der Waals surface area contributed by atoms with Crippen LogP contribution in [-0.2, 0) is 13.0 Å². The molecule has 0 atom stereocenters. The lowest BCUT2D eigenvalue weighted by atomic mass is 10.0. The summed E-state index contributed by atoms with van der Waals surface area (Å²) < 4.78 is 1.93. The summed E-state index contributed by atoms with van der Waals surface area (Å²) in [4.78, 5) is 0. The summed E-state index contributed by atoms with van der Waals surface area (Å²) in [6.45, 7) is 3.33. The van der Waals surface area contributed by atoms with Crippen molar-refractivity contribution < 1.29 is 5.11 Å². The highest BCUT2D eigenvalue weighted by Crippen LogP contribution is 2.47. The van der Waals surface area contributed by atoms with Gasteiger partial charge in [-0.05, 0) is 37.2 Å². The summed E-state index contributed by atoms with van der Waals surface area (Å²) in [5, 5.41) is 13.4. The van der Waals surface area contributed by atoms with Gasteiger partial charge in [0.05, 0.1) is 6.20 Å². The van der Waals surface area contributed by atoms with Gasteiger partial charge in [0.25, 0.3) is 0 Å². The number of nitrogens with zero attached hydrogens (tertiary/aromatic N) is 2. The second-order valence-corrected chi connectivity index (χ2v) is 4.04. The molecule has 0 spiro atoms.